The Morgan fingerprint density at radius 1 is 1.37 bits per heavy atom. The van der Waals surface area contributed by atoms with E-state index >= 15 is 0 Å². The maximum atomic E-state index is 13.7. The van der Waals surface area contributed by atoms with E-state index in [1.165, 1.54) is 6.07 Å². The first-order valence-electron chi connectivity index (χ1n) is 6.72. The first-order valence-corrected chi connectivity index (χ1v) is 6.72. The molecule has 0 radical (unpaired) electrons. The van der Waals surface area contributed by atoms with Crippen molar-refractivity contribution in [2.24, 2.45) is 5.92 Å². The average Bonchev–Trinajstić information content (AvgIpc) is 2.65. The largest absolute Gasteiger partial charge is 0.389 e. The zero-order valence-electron chi connectivity index (χ0n) is 11.5. The highest BCUT2D eigenvalue weighted by Crippen LogP contribution is 2.39. The van der Waals surface area contributed by atoms with Crippen LogP contribution in [0.25, 0.3) is 0 Å². The van der Waals surface area contributed by atoms with Gasteiger partial charge in [-0.15, -0.1) is 0 Å². The predicted molar refractivity (Wildman–Crippen MR) is 70.9 cm³/mol. The van der Waals surface area contributed by atoms with Crippen LogP contribution >= 0.6 is 0 Å². The Morgan fingerprint density at radius 3 is 2.79 bits per heavy atom. The fourth-order valence-corrected chi connectivity index (χ4v) is 3.07. The molecule has 2 rings (SSSR count). The minimum absolute atomic E-state index is 0.116. The van der Waals surface area contributed by atoms with Crippen molar-refractivity contribution in [1.29, 1.82) is 0 Å². The number of nitrogens with zero attached hydrogens (tertiary/aromatic N) is 1. The maximum absolute atomic E-state index is 13.7. The molecule has 0 heterocycles. The molecule has 19 heavy (non-hydrogen) atoms. The van der Waals surface area contributed by atoms with E-state index in [1.54, 1.807) is 0 Å². The molecule has 1 saturated carbocycles. The van der Waals surface area contributed by atoms with E-state index in [2.05, 4.69) is 0 Å². The number of rotatable bonds is 4. The Bertz CT molecular complexity index is 450. The van der Waals surface area contributed by atoms with Crippen LogP contribution in [0.3, 0.4) is 0 Å². The van der Waals surface area contributed by atoms with Crippen molar-refractivity contribution in [2.75, 3.05) is 20.6 Å². The van der Waals surface area contributed by atoms with Crippen molar-refractivity contribution < 1.29 is 13.9 Å². The SMILES string of the molecule is CN(C)C[C@@H]1CCC[C@@]1(O)Cc1cc(F)ccc1F. The molecule has 1 fully saturated rings. The van der Waals surface area contributed by atoms with Gasteiger partial charge in [0.1, 0.15) is 11.6 Å². The summed E-state index contributed by atoms with van der Waals surface area (Å²) in [5, 5.41) is 10.8. The summed E-state index contributed by atoms with van der Waals surface area (Å²) in [6, 6.07) is 3.43. The summed E-state index contributed by atoms with van der Waals surface area (Å²) in [5.74, 6) is -0.780. The smallest absolute Gasteiger partial charge is 0.126 e. The fourth-order valence-electron chi connectivity index (χ4n) is 3.07. The summed E-state index contributed by atoms with van der Waals surface area (Å²) >= 11 is 0. The van der Waals surface area contributed by atoms with E-state index in [4.69, 9.17) is 0 Å². The molecule has 1 N–H and O–H groups in total. The van der Waals surface area contributed by atoms with E-state index in [-0.39, 0.29) is 17.9 Å². The topological polar surface area (TPSA) is 23.5 Å². The molecule has 1 aromatic rings. The van der Waals surface area contributed by atoms with Crippen LogP contribution in [-0.2, 0) is 6.42 Å². The molecular formula is C15H21F2NO. The quantitative estimate of drug-likeness (QED) is 0.908. The third-order valence-corrected chi connectivity index (χ3v) is 4.01. The Hall–Kier alpha value is -1.00. The van der Waals surface area contributed by atoms with Crippen molar-refractivity contribution in [3.8, 4) is 0 Å². The van der Waals surface area contributed by atoms with Gasteiger partial charge in [-0.25, -0.2) is 8.78 Å². The van der Waals surface area contributed by atoms with Crippen LogP contribution in [0, 0.1) is 17.6 Å². The number of hydrogen-bond donors (Lipinski definition) is 1. The van der Waals surface area contributed by atoms with Gasteiger partial charge < -0.3 is 10.0 Å². The van der Waals surface area contributed by atoms with Gasteiger partial charge in [-0.1, -0.05) is 6.42 Å². The monoisotopic (exact) mass is 269 g/mol. The van der Waals surface area contributed by atoms with Crippen LogP contribution in [-0.4, -0.2) is 36.2 Å². The molecule has 1 aromatic carbocycles. The molecule has 2 nitrogen and oxygen atoms in total. The molecule has 0 bridgehead atoms. The molecule has 1 aliphatic carbocycles. The number of halogens is 2. The van der Waals surface area contributed by atoms with Crippen LogP contribution in [0.5, 0.6) is 0 Å². The van der Waals surface area contributed by atoms with E-state index in [0.717, 1.165) is 31.5 Å². The van der Waals surface area contributed by atoms with Gasteiger partial charge in [0.2, 0.25) is 0 Å². The van der Waals surface area contributed by atoms with Gasteiger partial charge in [0.05, 0.1) is 5.60 Å². The summed E-state index contributed by atoms with van der Waals surface area (Å²) in [7, 11) is 3.92. The van der Waals surface area contributed by atoms with Crippen molar-refractivity contribution in [3.63, 3.8) is 0 Å². The highest BCUT2D eigenvalue weighted by atomic mass is 19.1. The standard InChI is InChI=1S/C15H21F2NO/c1-18(2)10-12-4-3-7-15(12,19)9-11-8-13(16)5-6-14(11)17/h5-6,8,12,19H,3-4,7,9-10H2,1-2H3/t12-,15+/m0/s1. The van der Waals surface area contributed by atoms with Gasteiger partial charge >= 0.3 is 0 Å². The molecule has 0 amide bonds. The lowest BCUT2D eigenvalue weighted by atomic mass is 9.84. The summed E-state index contributed by atoms with van der Waals surface area (Å²) in [6.45, 7) is 0.771. The second-order valence-corrected chi connectivity index (χ2v) is 5.87. The Balaban J connectivity index is 2.17. The molecular weight excluding hydrogens is 248 g/mol. The zero-order chi connectivity index (χ0) is 14.0. The van der Waals surface area contributed by atoms with Gasteiger partial charge in [0, 0.05) is 18.9 Å². The van der Waals surface area contributed by atoms with E-state index < -0.39 is 17.2 Å². The van der Waals surface area contributed by atoms with Crippen molar-refractivity contribution >= 4 is 0 Å². The summed E-state index contributed by atoms with van der Waals surface area (Å²) < 4.78 is 26.9. The zero-order valence-corrected chi connectivity index (χ0v) is 11.5. The van der Waals surface area contributed by atoms with Gasteiger partial charge in [-0.3, -0.25) is 0 Å². The molecule has 0 unspecified atom stereocenters. The summed E-state index contributed by atoms with van der Waals surface area (Å²) in [6.07, 6.45) is 2.72. The van der Waals surface area contributed by atoms with Crippen LogP contribution in [0.15, 0.2) is 18.2 Å². The fraction of sp³-hybridized carbons (Fsp3) is 0.600. The van der Waals surface area contributed by atoms with Crippen molar-refractivity contribution in [1.82, 2.24) is 4.90 Å². The third-order valence-electron chi connectivity index (χ3n) is 4.01. The summed E-state index contributed by atoms with van der Waals surface area (Å²) in [5.41, 5.74) is -0.646. The number of aliphatic hydroxyl groups is 1. The highest BCUT2D eigenvalue weighted by Gasteiger charge is 2.41. The highest BCUT2D eigenvalue weighted by molar-refractivity contribution is 5.21. The molecule has 0 saturated heterocycles. The summed E-state index contributed by atoms with van der Waals surface area (Å²) in [4.78, 5) is 2.03. The van der Waals surface area contributed by atoms with E-state index in [1.807, 2.05) is 19.0 Å². The van der Waals surface area contributed by atoms with E-state index in [9.17, 15) is 13.9 Å². The lowest BCUT2D eigenvalue weighted by Crippen LogP contribution is -2.41. The van der Waals surface area contributed by atoms with Gasteiger partial charge in [0.15, 0.2) is 0 Å². The average molecular weight is 269 g/mol. The Morgan fingerprint density at radius 2 is 2.11 bits per heavy atom. The maximum Gasteiger partial charge on any atom is 0.126 e. The minimum Gasteiger partial charge on any atom is -0.389 e. The lowest BCUT2D eigenvalue weighted by molar-refractivity contribution is -0.00638. The van der Waals surface area contributed by atoms with Crippen LogP contribution in [0.1, 0.15) is 24.8 Å². The predicted octanol–water partition coefficient (Wildman–Crippen LogP) is 2.60. The van der Waals surface area contributed by atoms with Gasteiger partial charge in [-0.2, -0.15) is 0 Å². The van der Waals surface area contributed by atoms with Gasteiger partial charge in [0.25, 0.3) is 0 Å². The van der Waals surface area contributed by atoms with Crippen LogP contribution in [0.4, 0.5) is 8.78 Å². The normalized spacial score (nSPS) is 27.2. The van der Waals surface area contributed by atoms with Crippen molar-refractivity contribution in [2.45, 2.75) is 31.3 Å². The first kappa shape index (κ1) is 14.4. The number of benzene rings is 1. The molecule has 2 atom stereocenters. The Kier molecular flexibility index (Phi) is 4.21. The van der Waals surface area contributed by atoms with E-state index in [0.29, 0.717) is 6.42 Å². The molecule has 0 aliphatic heterocycles. The van der Waals surface area contributed by atoms with Crippen LogP contribution < -0.4 is 0 Å². The second kappa shape index (κ2) is 5.55. The van der Waals surface area contributed by atoms with Crippen LogP contribution in [0.2, 0.25) is 0 Å². The minimum atomic E-state index is -0.918. The van der Waals surface area contributed by atoms with Crippen molar-refractivity contribution in [3.05, 3.63) is 35.4 Å². The first-order chi connectivity index (χ1) is 8.90. The molecule has 0 spiro atoms. The molecule has 1 aliphatic rings. The third kappa shape index (κ3) is 3.31. The Labute approximate surface area is 113 Å². The molecule has 4 heteroatoms. The molecule has 106 valence electrons. The van der Waals surface area contributed by atoms with Gasteiger partial charge in [-0.05, 0) is 50.7 Å². The number of hydrogen-bond acceptors (Lipinski definition) is 2. The lowest BCUT2D eigenvalue weighted by Gasteiger charge is -2.32. The second-order valence-electron chi connectivity index (χ2n) is 5.87. The molecule has 0 aromatic heterocycles.